The molecule has 100 valence electrons. The van der Waals surface area contributed by atoms with Gasteiger partial charge in [-0.25, -0.2) is 14.2 Å². The standard InChI is InChI=1S/C14H7BrFNO2S/c15-9-3-8(4-10(16)6-9)13-17-11-2-1-7(14(18)19)5-12(11)20-13/h1-6H,(H,18,19). The Morgan fingerprint density at radius 1 is 1.25 bits per heavy atom. The Morgan fingerprint density at radius 3 is 2.75 bits per heavy atom. The first-order valence-corrected chi connectivity index (χ1v) is 7.24. The molecule has 0 bridgehead atoms. The summed E-state index contributed by atoms with van der Waals surface area (Å²) in [6.07, 6.45) is 0. The third kappa shape index (κ3) is 2.44. The molecule has 1 N–H and O–H groups in total. The second-order valence-electron chi connectivity index (χ2n) is 4.16. The van der Waals surface area contributed by atoms with E-state index in [2.05, 4.69) is 20.9 Å². The van der Waals surface area contributed by atoms with Crippen LogP contribution in [-0.2, 0) is 0 Å². The number of carboxylic acid groups (broad SMARTS) is 1. The summed E-state index contributed by atoms with van der Waals surface area (Å²) in [6, 6.07) is 9.30. The topological polar surface area (TPSA) is 50.2 Å². The molecule has 3 aromatic rings. The minimum absolute atomic E-state index is 0.216. The van der Waals surface area contributed by atoms with Crippen LogP contribution in [0.1, 0.15) is 10.4 Å². The zero-order valence-electron chi connectivity index (χ0n) is 9.93. The van der Waals surface area contributed by atoms with Crippen molar-refractivity contribution in [2.45, 2.75) is 0 Å². The van der Waals surface area contributed by atoms with Crippen molar-refractivity contribution in [2.24, 2.45) is 0 Å². The summed E-state index contributed by atoms with van der Waals surface area (Å²) in [4.78, 5) is 15.3. The van der Waals surface area contributed by atoms with Gasteiger partial charge < -0.3 is 5.11 Å². The molecule has 0 fully saturated rings. The van der Waals surface area contributed by atoms with Crippen LogP contribution >= 0.6 is 27.3 Å². The lowest BCUT2D eigenvalue weighted by molar-refractivity contribution is 0.0697. The lowest BCUT2D eigenvalue weighted by atomic mass is 10.2. The molecule has 2 aromatic carbocycles. The van der Waals surface area contributed by atoms with Crippen molar-refractivity contribution in [2.75, 3.05) is 0 Å². The molecule has 0 aliphatic rings. The summed E-state index contributed by atoms with van der Waals surface area (Å²) in [5, 5.41) is 9.62. The molecule has 6 heteroatoms. The minimum atomic E-state index is -0.977. The maximum Gasteiger partial charge on any atom is 0.335 e. The molecule has 20 heavy (non-hydrogen) atoms. The van der Waals surface area contributed by atoms with Gasteiger partial charge in [0.1, 0.15) is 10.8 Å². The normalized spacial score (nSPS) is 10.9. The quantitative estimate of drug-likeness (QED) is 0.735. The molecule has 0 spiro atoms. The van der Waals surface area contributed by atoms with Gasteiger partial charge in [-0.3, -0.25) is 0 Å². The summed E-state index contributed by atoms with van der Waals surface area (Å²) >= 11 is 4.58. The summed E-state index contributed by atoms with van der Waals surface area (Å²) in [5.41, 5.74) is 1.58. The van der Waals surface area contributed by atoms with Gasteiger partial charge in [-0.1, -0.05) is 15.9 Å². The van der Waals surface area contributed by atoms with Gasteiger partial charge in [-0.2, -0.15) is 0 Å². The lowest BCUT2D eigenvalue weighted by Crippen LogP contribution is -1.94. The number of hydrogen-bond acceptors (Lipinski definition) is 3. The van der Waals surface area contributed by atoms with Crippen molar-refractivity contribution >= 4 is 43.5 Å². The van der Waals surface area contributed by atoms with Crippen LogP contribution in [0.5, 0.6) is 0 Å². The third-order valence-corrected chi connectivity index (χ3v) is 4.27. The van der Waals surface area contributed by atoms with Crippen molar-refractivity contribution in [1.82, 2.24) is 4.98 Å². The molecular formula is C14H7BrFNO2S. The van der Waals surface area contributed by atoms with E-state index in [-0.39, 0.29) is 11.4 Å². The van der Waals surface area contributed by atoms with Gasteiger partial charge in [0.05, 0.1) is 15.8 Å². The van der Waals surface area contributed by atoms with E-state index in [1.165, 1.54) is 29.5 Å². The Balaban J connectivity index is 2.15. The number of thiazole rings is 1. The number of rotatable bonds is 2. The average Bonchev–Trinajstić information content (AvgIpc) is 2.80. The van der Waals surface area contributed by atoms with Gasteiger partial charge in [0.15, 0.2) is 0 Å². The monoisotopic (exact) mass is 351 g/mol. The fourth-order valence-electron chi connectivity index (χ4n) is 1.86. The van der Waals surface area contributed by atoms with E-state index in [4.69, 9.17) is 5.11 Å². The second kappa shape index (κ2) is 4.96. The van der Waals surface area contributed by atoms with Crippen molar-refractivity contribution in [3.05, 3.63) is 52.3 Å². The molecule has 0 aliphatic carbocycles. The SMILES string of the molecule is O=C(O)c1ccc2nc(-c3cc(F)cc(Br)c3)sc2c1. The zero-order valence-corrected chi connectivity index (χ0v) is 12.3. The second-order valence-corrected chi connectivity index (χ2v) is 6.11. The molecule has 0 amide bonds. The van der Waals surface area contributed by atoms with Gasteiger partial charge in [0.25, 0.3) is 0 Å². The first-order valence-electron chi connectivity index (χ1n) is 5.63. The van der Waals surface area contributed by atoms with Crippen LogP contribution in [0.15, 0.2) is 40.9 Å². The number of hydrogen-bond donors (Lipinski definition) is 1. The van der Waals surface area contributed by atoms with Crippen LogP contribution in [0.2, 0.25) is 0 Å². The molecule has 0 aliphatic heterocycles. The summed E-state index contributed by atoms with van der Waals surface area (Å²) in [7, 11) is 0. The first kappa shape index (κ1) is 13.2. The van der Waals surface area contributed by atoms with E-state index in [0.29, 0.717) is 20.6 Å². The highest BCUT2D eigenvalue weighted by Crippen LogP contribution is 2.32. The van der Waals surface area contributed by atoms with Crippen LogP contribution < -0.4 is 0 Å². The Kier molecular flexibility index (Phi) is 3.27. The van der Waals surface area contributed by atoms with E-state index >= 15 is 0 Å². The van der Waals surface area contributed by atoms with Crippen LogP contribution in [0.25, 0.3) is 20.8 Å². The molecule has 0 radical (unpaired) electrons. The molecule has 3 rings (SSSR count). The molecule has 0 saturated heterocycles. The number of carbonyl (C=O) groups is 1. The molecule has 0 atom stereocenters. The average molecular weight is 352 g/mol. The lowest BCUT2D eigenvalue weighted by Gasteiger charge is -1.97. The molecule has 1 heterocycles. The van der Waals surface area contributed by atoms with Crippen LogP contribution in [0, 0.1) is 5.82 Å². The van der Waals surface area contributed by atoms with Crippen molar-refractivity contribution < 1.29 is 14.3 Å². The van der Waals surface area contributed by atoms with Crippen molar-refractivity contribution in [1.29, 1.82) is 0 Å². The highest BCUT2D eigenvalue weighted by Gasteiger charge is 2.10. The summed E-state index contributed by atoms with van der Waals surface area (Å²) in [6.45, 7) is 0. The summed E-state index contributed by atoms with van der Waals surface area (Å²) < 4.78 is 14.8. The maximum atomic E-state index is 13.4. The molecule has 0 unspecified atom stereocenters. The predicted molar refractivity (Wildman–Crippen MR) is 79.7 cm³/mol. The van der Waals surface area contributed by atoms with Crippen LogP contribution in [0.3, 0.4) is 0 Å². The van der Waals surface area contributed by atoms with Crippen molar-refractivity contribution in [3.63, 3.8) is 0 Å². The minimum Gasteiger partial charge on any atom is -0.478 e. The molecule has 3 nitrogen and oxygen atoms in total. The fraction of sp³-hybridized carbons (Fsp3) is 0. The third-order valence-electron chi connectivity index (χ3n) is 2.74. The van der Waals surface area contributed by atoms with E-state index in [1.54, 1.807) is 18.2 Å². The van der Waals surface area contributed by atoms with E-state index < -0.39 is 5.97 Å². The fourth-order valence-corrected chi connectivity index (χ4v) is 3.32. The highest BCUT2D eigenvalue weighted by atomic mass is 79.9. The summed E-state index contributed by atoms with van der Waals surface area (Å²) in [5.74, 6) is -1.32. The van der Waals surface area contributed by atoms with Gasteiger partial charge in [-0.15, -0.1) is 11.3 Å². The van der Waals surface area contributed by atoms with Gasteiger partial charge in [-0.05, 0) is 36.4 Å². The van der Waals surface area contributed by atoms with E-state index in [0.717, 1.165) is 4.70 Å². The van der Waals surface area contributed by atoms with Crippen molar-refractivity contribution in [3.8, 4) is 10.6 Å². The highest BCUT2D eigenvalue weighted by molar-refractivity contribution is 9.10. The number of aromatic nitrogens is 1. The number of carboxylic acids is 1. The Labute approximate surface area is 125 Å². The number of nitrogens with zero attached hydrogens (tertiary/aromatic N) is 1. The molecule has 0 saturated carbocycles. The van der Waals surface area contributed by atoms with Crippen LogP contribution in [0.4, 0.5) is 4.39 Å². The number of fused-ring (bicyclic) bond motifs is 1. The van der Waals surface area contributed by atoms with Gasteiger partial charge in [0, 0.05) is 10.0 Å². The van der Waals surface area contributed by atoms with Gasteiger partial charge in [0.2, 0.25) is 0 Å². The zero-order chi connectivity index (χ0) is 14.3. The number of halogens is 2. The maximum absolute atomic E-state index is 13.4. The van der Waals surface area contributed by atoms with E-state index in [9.17, 15) is 9.18 Å². The van der Waals surface area contributed by atoms with Gasteiger partial charge >= 0.3 is 5.97 Å². The van der Waals surface area contributed by atoms with Crippen LogP contribution in [-0.4, -0.2) is 16.1 Å². The Morgan fingerprint density at radius 2 is 2.05 bits per heavy atom. The molecule has 1 aromatic heterocycles. The number of aromatic carboxylic acids is 1. The smallest absolute Gasteiger partial charge is 0.335 e. The predicted octanol–water partition coefficient (Wildman–Crippen LogP) is 4.56. The number of benzene rings is 2. The molecular weight excluding hydrogens is 345 g/mol. The largest absolute Gasteiger partial charge is 0.478 e. The Bertz CT molecular complexity index is 811. The van der Waals surface area contributed by atoms with E-state index in [1.807, 2.05) is 0 Å². The Hall–Kier alpha value is -1.79. The first-order chi connectivity index (χ1) is 9.52.